The van der Waals surface area contributed by atoms with E-state index in [2.05, 4.69) is 134 Å². The van der Waals surface area contributed by atoms with Crippen LogP contribution in [0, 0.1) is 0 Å². The molecule has 0 fully saturated rings. The van der Waals surface area contributed by atoms with Gasteiger partial charge in [0.15, 0.2) is 0 Å². The van der Waals surface area contributed by atoms with Crippen LogP contribution in [0.5, 0.6) is 0 Å². The summed E-state index contributed by atoms with van der Waals surface area (Å²) < 4.78 is 0. The first-order valence-corrected chi connectivity index (χ1v) is 12.0. The fourth-order valence-corrected chi connectivity index (χ4v) is 5.97. The van der Waals surface area contributed by atoms with Gasteiger partial charge < -0.3 is 4.90 Å². The Morgan fingerprint density at radius 2 is 1.00 bits per heavy atom. The number of para-hydroxylation sites is 2. The number of anilines is 3. The predicted molar refractivity (Wildman–Crippen MR) is 146 cm³/mol. The molecule has 0 bridgehead atoms. The fraction of sp³-hybridized carbons (Fsp3) is 0.0909. The number of fused-ring (bicyclic) bond motifs is 7. The number of rotatable bonds is 1. The van der Waals surface area contributed by atoms with E-state index in [0.29, 0.717) is 0 Å². The molecule has 7 rings (SSSR count). The van der Waals surface area contributed by atoms with Gasteiger partial charge in [-0.3, -0.25) is 0 Å². The second-order valence-corrected chi connectivity index (χ2v) is 9.82. The molecule has 34 heavy (non-hydrogen) atoms. The normalized spacial score (nSPS) is 14.4. The van der Waals surface area contributed by atoms with Gasteiger partial charge in [-0.1, -0.05) is 111 Å². The van der Waals surface area contributed by atoms with E-state index in [1.165, 1.54) is 60.5 Å². The lowest BCUT2D eigenvalue weighted by Crippen LogP contribution is -2.30. The third kappa shape index (κ3) is 2.55. The molecule has 1 heterocycles. The highest BCUT2D eigenvalue weighted by molar-refractivity contribution is 6.23. The summed E-state index contributed by atoms with van der Waals surface area (Å²) in [5.41, 5.74) is 6.40. The molecule has 6 aromatic rings. The monoisotopic (exact) mass is 435 g/mol. The Morgan fingerprint density at radius 3 is 1.71 bits per heavy atom. The third-order valence-corrected chi connectivity index (χ3v) is 7.60. The Morgan fingerprint density at radius 1 is 0.471 bits per heavy atom. The van der Waals surface area contributed by atoms with Crippen LogP contribution in [0.25, 0.3) is 32.3 Å². The average molecular weight is 436 g/mol. The van der Waals surface area contributed by atoms with Gasteiger partial charge in [0.05, 0.1) is 17.1 Å². The molecule has 0 saturated heterocycles. The van der Waals surface area contributed by atoms with Crippen molar-refractivity contribution in [3.05, 3.63) is 126 Å². The molecule has 0 aliphatic carbocycles. The average Bonchev–Trinajstić information content (AvgIpc) is 2.88. The predicted octanol–water partition coefficient (Wildman–Crippen LogP) is 9.26. The van der Waals surface area contributed by atoms with Gasteiger partial charge in [0, 0.05) is 10.8 Å². The van der Waals surface area contributed by atoms with Crippen molar-refractivity contribution >= 4 is 49.4 Å². The summed E-state index contributed by atoms with van der Waals surface area (Å²) in [4.78, 5) is 2.48. The van der Waals surface area contributed by atoms with Crippen LogP contribution in [0.2, 0.25) is 0 Å². The number of nitrogens with zero attached hydrogens (tertiary/aromatic N) is 1. The first-order valence-electron chi connectivity index (χ1n) is 12.0. The van der Waals surface area contributed by atoms with Crippen molar-refractivity contribution in [2.45, 2.75) is 19.3 Å². The van der Waals surface area contributed by atoms with Crippen molar-refractivity contribution in [2.75, 3.05) is 4.90 Å². The standard InChI is InChI=1S/C33H25N/c1-33(2)27-15-7-9-17-29(27)34(30-18-10-8-16-28(30)33)31-21-23-20-19-22-11-3-4-12-24(22)32(23)26-14-6-5-13-25(26)31/h3-21H,1-2H3. The fourth-order valence-electron chi connectivity index (χ4n) is 5.97. The molecule has 0 radical (unpaired) electrons. The van der Waals surface area contributed by atoms with Gasteiger partial charge >= 0.3 is 0 Å². The molecule has 1 aliphatic heterocycles. The van der Waals surface area contributed by atoms with Crippen molar-refractivity contribution in [3.63, 3.8) is 0 Å². The quantitative estimate of drug-likeness (QED) is 0.233. The van der Waals surface area contributed by atoms with E-state index in [1.807, 2.05) is 0 Å². The van der Waals surface area contributed by atoms with E-state index in [9.17, 15) is 0 Å². The van der Waals surface area contributed by atoms with E-state index in [0.717, 1.165) is 0 Å². The molecule has 0 N–H and O–H groups in total. The van der Waals surface area contributed by atoms with E-state index >= 15 is 0 Å². The lowest BCUT2D eigenvalue weighted by molar-refractivity contribution is 0.632. The molecule has 0 amide bonds. The molecule has 1 aliphatic rings. The molecular weight excluding hydrogens is 410 g/mol. The smallest absolute Gasteiger partial charge is 0.0546 e. The second-order valence-electron chi connectivity index (χ2n) is 9.82. The van der Waals surface area contributed by atoms with Gasteiger partial charge in [-0.25, -0.2) is 0 Å². The summed E-state index contributed by atoms with van der Waals surface area (Å²) in [6, 6.07) is 42.3. The summed E-state index contributed by atoms with van der Waals surface area (Å²) >= 11 is 0. The number of benzene rings is 6. The highest BCUT2D eigenvalue weighted by Gasteiger charge is 2.36. The van der Waals surface area contributed by atoms with Gasteiger partial charge in [-0.2, -0.15) is 0 Å². The summed E-state index contributed by atoms with van der Waals surface area (Å²) in [5.74, 6) is 0. The Kier molecular flexibility index (Phi) is 3.96. The summed E-state index contributed by atoms with van der Waals surface area (Å²) in [7, 11) is 0. The SMILES string of the molecule is CC1(C)c2ccccc2N(c2cc3ccc4ccccc4c3c3ccccc23)c2ccccc21. The minimum atomic E-state index is -0.0630. The highest BCUT2D eigenvalue weighted by atomic mass is 15.2. The van der Waals surface area contributed by atoms with Crippen molar-refractivity contribution in [3.8, 4) is 0 Å². The Hall–Kier alpha value is -4.10. The first-order chi connectivity index (χ1) is 16.6. The number of hydrogen-bond donors (Lipinski definition) is 0. The molecular formula is C33H25N. The van der Waals surface area contributed by atoms with Crippen LogP contribution in [0.1, 0.15) is 25.0 Å². The van der Waals surface area contributed by atoms with Crippen LogP contribution >= 0.6 is 0 Å². The highest BCUT2D eigenvalue weighted by Crippen LogP contribution is 2.53. The zero-order chi connectivity index (χ0) is 22.9. The third-order valence-electron chi connectivity index (χ3n) is 7.60. The number of hydrogen-bond acceptors (Lipinski definition) is 1. The largest absolute Gasteiger partial charge is 0.309 e. The maximum Gasteiger partial charge on any atom is 0.0546 e. The van der Waals surface area contributed by atoms with Crippen LogP contribution in [0.15, 0.2) is 115 Å². The molecule has 6 aromatic carbocycles. The molecule has 0 spiro atoms. The Balaban J connectivity index is 1.63. The van der Waals surface area contributed by atoms with Crippen LogP contribution in [0.4, 0.5) is 17.1 Å². The lowest BCUT2D eigenvalue weighted by Gasteiger charge is -2.42. The summed E-state index contributed by atoms with van der Waals surface area (Å²) in [6.07, 6.45) is 0. The van der Waals surface area contributed by atoms with Gasteiger partial charge in [0.25, 0.3) is 0 Å². The summed E-state index contributed by atoms with van der Waals surface area (Å²) in [5, 5.41) is 7.76. The van der Waals surface area contributed by atoms with Crippen LogP contribution < -0.4 is 4.90 Å². The Labute approximate surface area is 199 Å². The van der Waals surface area contributed by atoms with Crippen LogP contribution in [-0.2, 0) is 5.41 Å². The minimum absolute atomic E-state index is 0.0630. The van der Waals surface area contributed by atoms with E-state index in [-0.39, 0.29) is 5.41 Å². The van der Waals surface area contributed by atoms with Gasteiger partial charge in [-0.05, 0) is 56.3 Å². The molecule has 0 atom stereocenters. The molecule has 0 aromatic heterocycles. The van der Waals surface area contributed by atoms with Crippen molar-refractivity contribution < 1.29 is 0 Å². The maximum atomic E-state index is 2.48. The van der Waals surface area contributed by atoms with E-state index in [4.69, 9.17) is 0 Å². The molecule has 1 heteroatoms. The van der Waals surface area contributed by atoms with Gasteiger partial charge in [-0.15, -0.1) is 0 Å². The van der Waals surface area contributed by atoms with Crippen LogP contribution in [-0.4, -0.2) is 0 Å². The topological polar surface area (TPSA) is 3.24 Å². The molecule has 162 valence electrons. The molecule has 0 unspecified atom stereocenters. The second kappa shape index (κ2) is 6.95. The first kappa shape index (κ1) is 19.4. The van der Waals surface area contributed by atoms with Gasteiger partial charge in [0.1, 0.15) is 0 Å². The van der Waals surface area contributed by atoms with Crippen LogP contribution in [0.3, 0.4) is 0 Å². The van der Waals surface area contributed by atoms with E-state index in [1.54, 1.807) is 0 Å². The maximum absolute atomic E-state index is 2.48. The zero-order valence-corrected chi connectivity index (χ0v) is 19.4. The lowest BCUT2D eigenvalue weighted by atomic mass is 9.73. The zero-order valence-electron chi connectivity index (χ0n) is 19.4. The van der Waals surface area contributed by atoms with Crippen molar-refractivity contribution in [2.24, 2.45) is 0 Å². The molecule has 0 saturated carbocycles. The van der Waals surface area contributed by atoms with E-state index < -0.39 is 0 Å². The summed E-state index contributed by atoms with van der Waals surface area (Å²) in [6.45, 7) is 4.68. The van der Waals surface area contributed by atoms with Gasteiger partial charge in [0.2, 0.25) is 0 Å². The minimum Gasteiger partial charge on any atom is -0.309 e. The van der Waals surface area contributed by atoms with Crippen molar-refractivity contribution in [1.82, 2.24) is 0 Å². The molecule has 1 nitrogen and oxygen atoms in total. The Bertz CT molecular complexity index is 1690. The van der Waals surface area contributed by atoms with Crippen molar-refractivity contribution in [1.29, 1.82) is 0 Å².